The Morgan fingerprint density at radius 2 is 1.83 bits per heavy atom. The Morgan fingerprint density at radius 1 is 1.13 bits per heavy atom. The van der Waals surface area contributed by atoms with Crippen molar-refractivity contribution in [1.82, 2.24) is 5.32 Å². The van der Waals surface area contributed by atoms with Crippen molar-refractivity contribution in [2.24, 2.45) is 0 Å². The van der Waals surface area contributed by atoms with Gasteiger partial charge in [-0.15, -0.1) is 0 Å². The average Bonchev–Trinajstić information content (AvgIpc) is 2.55. The van der Waals surface area contributed by atoms with Gasteiger partial charge < -0.3 is 5.32 Å². The summed E-state index contributed by atoms with van der Waals surface area (Å²) in [6, 6.07) is 15.3. The normalized spacial score (nSPS) is 13.4. The minimum absolute atomic E-state index is 0.0388. The van der Waals surface area contributed by atoms with E-state index in [1.165, 1.54) is 5.56 Å². The molecular formula is C19H23ClN2O. The maximum absolute atomic E-state index is 12.3. The Morgan fingerprint density at radius 3 is 2.43 bits per heavy atom. The summed E-state index contributed by atoms with van der Waals surface area (Å²) in [7, 11) is 0. The quantitative estimate of drug-likeness (QED) is 0.814. The first-order valence-electron chi connectivity index (χ1n) is 7.91. The molecule has 0 unspecified atom stereocenters. The molecule has 0 aliphatic carbocycles. The van der Waals surface area contributed by atoms with Gasteiger partial charge in [-0.1, -0.05) is 42.8 Å². The van der Waals surface area contributed by atoms with Gasteiger partial charge in [0.15, 0.2) is 0 Å². The van der Waals surface area contributed by atoms with E-state index in [0.717, 1.165) is 17.7 Å². The molecule has 2 aromatic carbocycles. The topological polar surface area (TPSA) is 41.1 Å². The molecule has 1 amide bonds. The number of nitrogens with one attached hydrogen (secondary N) is 2. The molecule has 2 aromatic rings. The molecular weight excluding hydrogens is 308 g/mol. The minimum Gasteiger partial charge on any atom is -0.325 e. The van der Waals surface area contributed by atoms with Gasteiger partial charge in [0.25, 0.3) is 0 Å². The first-order chi connectivity index (χ1) is 11.0. The molecule has 0 radical (unpaired) electrons. The van der Waals surface area contributed by atoms with Gasteiger partial charge >= 0.3 is 0 Å². The highest BCUT2D eigenvalue weighted by Gasteiger charge is 2.16. The molecule has 4 heteroatoms. The van der Waals surface area contributed by atoms with E-state index in [-0.39, 0.29) is 18.0 Å². The standard InChI is InChI=1S/C19H23ClN2O/c1-4-15-8-10-18(11-9-15)22-19(23)14(3)21-13(2)16-6-5-7-17(20)12-16/h5-14,21H,4H2,1-3H3,(H,22,23)/t13-,14-/m0/s1. The van der Waals surface area contributed by atoms with Crippen LogP contribution in [0.2, 0.25) is 5.02 Å². The Bertz CT molecular complexity index is 655. The summed E-state index contributed by atoms with van der Waals surface area (Å²) >= 11 is 6.01. The summed E-state index contributed by atoms with van der Waals surface area (Å²) in [5.41, 5.74) is 3.13. The number of carbonyl (C=O) groups is 1. The first kappa shape index (κ1) is 17.5. The molecule has 0 heterocycles. The first-order valence-corrected chi connectivity index (χ1v) is 8.28. The van der Waals surface area contributed by atoms with Crippen LogP contribution in [0.1, 0.15) is 37.9 Å². The third-order valence-electron chi connectivity index (χ3n) is 3.87. The van der Waals surface area contributed by atoms with Crippen LogP contribution >= 0.6 is 11.6 Å². The summed E-state index contributed by atoms with van der Waals surface area (Å²) in [6.45, 7) is 5.99. The zero-order valence-electron chi connectivity index (χ0n) is 13.8. The molecule has 0 saturated carbocycles. The van der Waals surface area contributed by atoms with Crippen molar-refractivity contribution in [3.8, 4) is 0 Å². The van der Waals surface area contributed by atoms with Gasteiger partial charge in [-0.25, -0.2) is 0 Å². The van der Waals surface area contributed by atoms with Crippen molar-refractivity contribution in [3.05, 3.63) is 64.7 Å². The van der Waals surface area contributed by atoms with Crippen molar-refractivity contribution < 1.29 is 4.79 Å². The maximum atomic E-state index is 12.3. The number of anilines is 1. The Hall–Kier alpha value is -1.84. The summed E-state index contributed by atoms with van der Waals surface area (Å²) in [4.78, 5) is 12.3. The molecule has 2 N–H and O–H groups in total. The minimum atomic E-state index is -0.310. The van der Waals surface area contributed by atoms with E-state index in [1.54, 1.807) is 0 Å². The largest absolute Gasteiger partial charge is 0.325 e. The van der Waals surface area contributed by atoms with Crippen molar-refractivity contribution in [2.75, 3.05) is 5.32 Å². The Kier molecular flexibility index (Phi) is 6.20. The number of carbonyl (C=O) groups excluding carboxylic acids is 1. The van der Waals surface area contributed by atoms with Crippen molar-refractivity contribution in [2.45, 2.75) is 39.3 Å². The van der Waals surface area contributed by atoms with Crippen LogP contribution in [0, 0.1) is 0 Å². The highest BCUT2D eigenvalue weighted by molar-refractivity contribution is 6.30. The number of benzene rings is 2. The number of hydrogen-bond donors (Lipinski definition) is 2. The Balaban J connectivity index is 1.93. The molecule has 0 saturated heterocycles. The van der Waals surface area contributed by atoms with Crippen LogP contribution in [0.3, 0.4) is 0 Å². The molecule has 0 bridgehead atoms. The molecule has 0 fully saturated rings. The molecule has 2 rings (SSSR count). The molecule has 23 heavy (non-hydrogen) atoms. The monoisotopic (exact) mass is 330 g/mol. The van der Waals surface area contributed by atoms with Crippen LogP contribution in [-0.2, 0) is 11.2 Å². The lowest BCUT2D eigenvalue weighted by atomic mass is 10.1. The maximum Gasteiger partial charge on any atom is 0.241 e. The summed E-state index contributed by atoms with van der Waals surface area (Å²) in [5, 5.41) is 6.93. The van der Waals surface area contributed by atoms with E-state index in [4.69, 9.17) is 11.6 Å². The molecule has 0 spiro atoms. The molecule has 0 aliphatic rings. The van der Waals surface area contributed by atoms with Gasteiger partial charge in [-0.2, -0.15) is 0 Å². The fourth-order valence-electron chi connectivity index (χ4n) is 2.40. The number of amides is 1. The summed E-state index contributed by atoms with van der Waals surface area (Å²) in [6.07, 6.45) is 0.989. The van der Waals surface area contributed by atoms with Crippen molar-refractivity contribution in [1.29, 1.82) is 0 Å². The second-order valence-corrected chi connectivity index (χ2v) is 6.14. The van der Waals surface area contributed by atoms with E-state index in [0.29, 0.717) is 5.02 Å². The van der Waals surface area contributed by atoms with Gasteiger partial charge in [-0.05, 0) is 55.7 Å². The zero-order chi connectivity index (χ0) is 16.8. The lowest BCUT2D eigenvalue weighted by Crippen LogP contribution is -2.39. The van der Waals surface area contributed by atoms with E-state index < -0.39 is 0 Å². The van der Waals surface area contributed by atoms with Gasteiger partial charge in [-0.3, -0.25) is 10.1 Å². The van der Waals surface area contributed by atoms with Crippen LogP contribution in [0.4, 0.5) is 5.69 Å². The second kappa shape index (κ2) is 8.14. The fraction of sp³-hybridized carbons (Fsp3) is 0.316. The van der Waals surface area contributed by atoms with Gasteiger partial charge in [0.1, 0.15) is 0 Å². The Labute approximate surface area is 143 Å². The predicted octanol–water partition coefficient (Wildman–Crippen LogP) is 4.58. The highest BCUT2D eigenvalue weighted by Crippen LogP contribution is 2.18. The van der Waals surface area contributed by atoms with Crippen LogP contribution in [-0.4, -0.2) is 11.9 Å². The van der Waals surface area contributed by atoms with Gasteiger partial charge in [0.2, 0.25) is 5.91 Å². The fourth-order valence-corrected chi connectivity index (χ4v) is 2.60. The number of rotatable bonds is 6. The lowest BCUT2D eigenvalue weighted by molar-refractivity contribution is -0.117. The van der Waals surface area contributed by atoms with Gasteiger partial charge in [0.05, 0.1) is 6.04 Å². The molecule has 122 valence electrons. The van der Waals surface area contributed by atoms with Crippen LogP contribution in [0.15, 0.2) is 48.5 Å². The van der Waals surface area contributed by atoms with E-state index in [9.17, 15) is 4.79 Å². The molecule has 0 aromatic heterocycles. The molecule has 3 nitrogen and oxygen atoms in total. The smallest absolute Gasteiger partial charge is 0.241 e. The van der Waals surface area contributed by atoms with Crippen LogP contribution in [0.25, 0.3) is 0 Å². The SMILES string of the molecule is CCc1ccc(NC(=O)[C@H](C)N[C@@H](C)c2cccc(Cl)c2)cc1. The van der Waals surface area contributed by atoms with E-state index >= 15 is 0 Å². The van der Waals surface area contributed by atoms with Crippen LogP contribution in [0.5, 0.6) is 0 Å². The van der Waals surface area contributed by atoms with E-state index in [2.05, 4.69) is 17.6 Å². The average molecular weight is 331 g/mol. The third-order valence-corrected chi connectivity index (χ3v) is 4.11. The molecule has 2 atom stereocenters. The van der Waals surface area contributed by atoms with E-state index in [1.807, 2.05) is 62.4 Å². The van der Waals surface area contributed by atoms with Crippen molar-refractivity contribution in [3.63, 3.8) is 0 Å². The summed E-state index contributed by atoms with van der Waals surface area (Å²) < 4.78 is 0. The number of aryl methyl sites for hydroxylation is 1. The molecule has 0 aliphatic heterocycles. The van der Waals surface area contributed by atoms with Crippen molar-refractivity contribution >= 4 is 23.2 Å². The predicted molar refractivity (Wildman–Crippen MR) is 96.9 cm³/mol. The number of hydrogen-bond acceptors (Lipinski definition) is 2. The zero-order valence-corrected chi connectivity index (χ0v) is 14.5. The van der Waals surface area contributed by atoms with Crippen LogP contribution < -0.4 is 10.6 Å². The van der Waals surface area contributed by atoms with Gasteiger partial charge in [0, 0.05) is 16.8 Å². The summed E-state index contributed by atoms with van der Waals surface area (Å²) in [5.74, 6) is -0.0527. The third kappa shape index (κ3) is 5.08. The lowest BCUT2D eigenvalue weighted by Gasteiger charge is -2.20. The highest BCUT2D eigenvalue weighted by atomic mass is 35.5. The second-order valence-electron chi connectivity index (χ2n) is 5.70. The number of halogens is 1.